The number of benzene rings is 1. The molecule has 9 heteroatoms. The number of anilines is 1. The van der Waals surface area contributed by atoms with Crippen LogP contribution in [0.2, 0.25) is 0 Å². The van der Waals surface area contributed by atoms with Gasteiger partial charge in [-0.05, 0) is 67.9 Å². The molecule has 0 unspecified atom stereocenters. The Morgan fingerprint density at radius 1 is 1.07 bits per heavy atom. The van der Waals surface area contributed by atoms with E-state index in [1.807, 2.05) is 12.1 Å². The van der Waals surface area contributed by atoms with Gasteiger partial charge in [0.25, 0.3) is 0 Å². The summed E-state index contributed by atoms with van der Waals surface area (Å²) in [4.78, 5) is 17.5. The first-order chi connectivity index (χ1) is 13.8. The largest absolute Gasteiger partial charge is 0.573 e. The van der Waals surface area contributed by atoms with Gasteiger partial charge in [0.05, 0.1) is 6.54 Å². The number of amides is 1. The van der Waals surface area contributed by atoms with E-state index in [1.54, 1.807) is 17.0 Å². The maximum Gasteiger partial charge on any atom is 0.573 e. The van der Waals surface area contributed by atoms with Gasteiger partial charge in [-0.25, -0.2) is 4.79 Å². The molecule has 1 aromatic heterocycles. The molecule has 154 valence electrons. The van der Waals surface area contributed by atoms with Gasteiger partial charge in [0.1, 0.15) is 16.4 Å². The molecule has 1 amide bonds. The number of hydrogen-bond donors (Lipinski definition) is 0. The summed E-state index contributed by atoms with van der Waals surface area (Å²) < 4.78 is 46.7. The lowest BCUT2D eigenvalue weighted by atomic mass is 9.75. The standard InChI is InChI=1S/C20H19F3N2O3S/c21-20(22,23)27-15-3-1-13(2-4-15)16-5-6-17(29-16)25-12-19(28-18(25)26)11-24-9-7-14(19)8-10-24/h1-6,14H,7-12H2/t19-/m1/s1. The third-order valence-corrected chi connectivity index (χ3v) is 7.15. The lowest BCUT2D eigenvalue weighted by molar-refractivity contribution is -0.274. The van der Waals surface area contributed by atoms with Crippen LogP contribution in [0.25, 0.3) is 10.4 Å². The molecule has 0 saturated carbocycles. The van der Waals surface area contributed by atoms with Crippen molar-refractivity contribution in [2.75, 3.05) is 31.1 Å². The van der Waals surface area contributed by atoms with E-state index in [2.05, 4.69) is 9.64 Å². The lowest BCUT2D eigenvalue weighted by Gasteiger charge is -2.49. The second-order valence-electron chi connectivity index (χ2n) is 7.78. The highest BCUT2D eigenvalue weighted by molar-refractivity contribution is 7.19. The summed E-state index contributed by atoms with van der Waals surface area (Å²) in [5.74, 6) is 0.146. The number of nitrogens with zero attached hydrogens (tertiary/aromatic N) is 2. The summed E-state index contributed by atoms with van der Waals surface area (Å²) in [5.41, 5.74) is 0.342. The van der Waals surface area contributed by atoms with Crippen LogP contribution in [0.15, 0.2) is 36.4 Å². The van der Waals surface area contributed by atoms with Crippen LogP contribution < -0.4 is 9.64 Å². The molecular formula is C20H19F3N2O3S. The van der Waals surface area contributed by atoms with Gasteiger partial charge < -0.3 is 9.47 Å². The van der Waals surface area contributed by atoms with Crippen LogP contribution in [0.3, 0.4) is 0 Å². The number of ether oxygens (including phenoxy) is 2. The molecule has 2 bridgehead atoms. The molecule has 1 aromatic carbocycles. The second kappa shape index (κ2) is 6.63. The normalized spacial score (nSPS) is 28.8. The predicted octanol–water partition coefficient (Wildman–Crippen LogP) is 4.73. The molecular weight excluding hydrogens is 405 g/mol. The summed E-state index contributed by atoms with van der Waals surface area (Å²) in [7, 11) is 0. The van der Waals surface area contributed by atoms with E-state index in [9.17, 15) is 18.0 Å². The van der Waals surface area contributed by atoms with E-state index < -0.39 is 12.0 Å². The molecule has 2 aromatic rings. The number of carbonyl (C=O) groups is 1. The first kappa shape index (κ1) is 18.7. The molecule has 4 aliphatic heterocycles. The fraction of sp³-hybridized carbons (Fsp3) is 0.450. The van der Waals surface area contributed by atoms with Crippen molar-refractivity contribution in [2.45, 2.75) is 24.8 Å². The fourth-order valence-corrected chi connectivity index (χ4v) is 5.63. The summed E-state index contributed by atoms with van der Waals surface area (Å²) in [5, 5.41) is 0.786. The quantitative estimate of drug-likeness (QED) is 0.714. The predicted molar refractivity (Wildman–Crippen MR) is 102 cm³/mol. The smallest absolute Gasteiger partial charge is 0.439 e. The average molecular weight is 424 g/mol. The van der Waals surface area contributed by atoms with Crippen molar-refractivity contribution in [2.24, 2.45) is 5.92 Å². The van der Waals surface area contributed by atoms with E-state index in [4.69, 9.17) is 4.74 Å². The van der Waals surface area contributed by atoms with Gasteiger partial charge >= 0.3 is 12.5 Å². The molecule has 4 fully saturated rings. The zero-order chi connectivity index (χ0) is 20.2. The van der Waals surface area contributed by atoms with Crippen molar-refractivity contribution in [1.82, 2.24) is 4.90 Å². The van der Waals surface area contributed by atoms with Gasteiger partial charge in [-0.15, -0.1) is 24.5 Å². The molecule has 0 aliphatic carbocycles. The molecule has 0 radical (unpaired) electrons. The molecule has 4 aliphatic rings. The topological polar surface area (TPSA) is 42.0 Å². The molecule has 0 N–H and O–H groups in total. The Hall–Kier alpha value is -2.26. The van der Waals surface area contributed by atoms with Gasteiger partial charge in [0.2, 0.25) is 0 Å². The number of fused-ring (bicyclic) bond motifs is 2. The third-order valence-electron chi connectivity index (χ3n) is 5.99. The Bertz CT molecular complexity index is 922. The lowest BCUT2D eigenvalue weighted by Crippen LogP contribution is -2.61. The molecule has 29 heavy (non-hydrogen) atoms. The van der Waals surface area contributed by atoms with Crippen molar-refractivity contribution in [3.63, 3.8) is 0 Å². The van der Waals surface area contributed by atoms with E-state index in [0.717, 1.165) is 47.9 Å². The van der Waals surface area contributed by atoms with E-state index in [0.29, 0.717) is 12.5 Å². The fourth-order valence-electron chi connectivity index (χ4n) is 4.63. The van der Waals surface area contributed by atoms with Gasteiger partial charge in [-0.2, -0.15) is 0 Å². The Kier molecular flexibility index (Phi) is 4.29. The number of alkyl halides is 3. The van der Waals surface area contributed by atoms with Gasteiger partial charge in [-0.1, -0.05) is 0 Å². The molecule has 1 spiro atoms. The number of hydrogen-bond acceptors (Lipinski definition) is 5. The molecule has 1 atom stereocenters. The summed E-state index contributed by atoms with van der Waals surface area (Å²) in [6, 6.07) is 9.46. The molecule has 6 rings (SSSR count). The van der Waals surface area contributed by atoms with Gasteiger partial charge in [-0.3, -0.25) is 9.80 Å². The van der Waals surface area contributed by atoms with E-state index >= 15 is 0 Å². The Labute approximate surface area is 169 Å². The van der Waals surface area contributed by atoms with Crippen LogP contribution >= 0.6 is 11.3 Å². The zero-order valence-corrected chi connectivity index (χ0v) is 16.3. The SMILES string of the molecule is O=C1O[C@]2(CN3CCC2CC3)CN1c1ccc(-c2ccc(OC(F)(F)F)cc2)s1. The van der Waals surface area contributed by atoms with E-state index in [1.165, 1.54) is 23.5 Å². The highest BCUT2D eigenvalue weighted by Gasteiger charge is 2.55. The number of carbonyl (C=O) groups excluding carboxylic acids is 1. The highest BCUT2D eigenvalue weighted by Crippen LogP contribution is 2.45. The van der Waals surface area contributed by atoms with Crippen molar-refractivity contribution < 1.29 is 27.4 Å². The second-order valence-corrected chi connectivity index (χ2v) is 8.84. The Morgan fingerprint density at radius 2 is 1.79 bits per heavy atom. The minimum Gasteiger partial charge on any atom is -0.439 e. The first-order valence-electron chi connectivity index (χ1n) is 9.50. The van der Waals surface area contributed by atoms with Gasteiger partial charge in [0, 0.05) is 17.3 Å². The number of piperidine rings is 3. The van der Waals surface area contributed by atoms with E-state index in [-0.39, 0.29) is 11.8 Å². The minimum absolute atomic E-state index is 0.259. The summed E-state index contributed by atoms with van der Waals surface area (Å²) >= 11 is 1.42. The Morgan fingerprint density at radius 3 is 2.41 bits per heavy atom. The van der Waals surface area contributed by atoms with Crippen LogP contribution in [0, 0.1) is 5.92 Å². The maximum absolute atomic E-state index is 12.6. The van der Waals surface area contributed by atoms with Crippen molar-refractivity contribution in [3.05, 3.63) is 36.4 Å². The molecule has 5 nitrogen and oxygen atoms in total. The first-order valence-corrected chi connectivity index (χ1v) is 10.3. The van der Waals surface area contributed by atoms with Gasteiger partial charge in [0.15, 0.2) is 0 Å². The average Bonchev–Trinajstić information content (AvgIpc) is 3.27. The number of rotatable bonds is 3. The van der Waals surface area contributed by atoms with Crippen LogP contribution in [0.4, 0.5) is 23.0 Å². The van der Waals surface area contributed by atoms with Crippen LogP contribution in [0.1, 0.15) is 12.8 Å². The van der Waals surface area contributed by atoms with Crippen LogP contribution in [0.5, 0.6) is 5.75 Å². The molecule has 5 heterocycles. The zero-order valence-electron chi connectivity index (χ0n) is 15.4. The minimum atomic E-state index is -4.71. The Balaban J connectivity index is 1.33. The maximum atomic E-state index is 12.6. The number of thiophene rings is 1. The summed E-state index contributed by atoms with van der Waals surface area (Å²) in [6.07, 6.45) is -2.91. The third kappa shape index (κ3) is 3.46. The van der Waals surface area contributed by atoms with Crippen LogP contribution in [-0.2, 0) is 4.74 Å². The van der Waals surface area contributed by atoms with Crippen molar-refractivity contribution in [3.8, 4) is 16.2 Å². The highest BCUT2D eigenvalue weighted by atomic mass is 32.1. The summed E-state index contributed by atoms with van der Waals surface area (Å²) in [6.45, 7) is 3.48. The molecule has 4 saturated heterocycles. The van der Waals surface area contributed by atoms with Crippen LogP contribution in [-0.4, -0.2) is 49.1 Å². The van der Waals surface area contributed by atoms with Crippen molar-refractivity contribution >= 4 is 22.4 Å². The monoisotopic (exact) mass is 424 g/mol. The van der Waals surface area contributed by atoms with Crippen molar-refractivity contribution in [1.29, 1.82) is 0 Å². The number of halogens is 3.